The zero-order valence-corrected chi connectivity index (χ0v) is 12.5. The van der Waals surface area contributed by atoms with Gasteiger partial charge >= 0.3 is 0 Å². The van der Waals surface area contributed by atoms with Gasteiger partial charge in [-0.05, 0) is 58.1 Å². The Morgan fingerprint density at radius 2 is 2.00 bits per heavy atom. The molecule has 0 bridgehead atoms. The number of fused-ring (bicyclic) bond motifs is 1. The fourth-order valence-electron chi connectivity index (χ4n) is 2.89. The van der Waals surface area contributed by atoms with Crippen molar-refractivity contribution in [1.29, 1.82) is 0 Å². The summed E-state index contributed by atoms with van der Waals surface area (Å²) >= 11 is 3.49. The monoisotopic (exact) mass is 335 g/mol. The lowest BCUT2D eigenvalue weighted by atomic mass is 9.92. The van der Waals surface area contributed by atoms with Gasteiger partial charge in [-0.3, -0.25) is 0 Å². The number of aliphatic hydroxyl groups excluding tert-OH is 1. The van der Waals surface area contributed by atoms with Crippen molar-refractivity contribution in [3.63, 3.8) is 0 Å². The number of anilines is 1. The Kier molecular flexibility index (Phi) is 3.52. The van der Waals surface area contributed by atoms with Crippen molar-refractivity contribution in [3.8, 4) is 0 Å². The summed E-state index contributed by atoms with van der Waals surface area (Å²) in [5.74, 6) is -0.188. The Morgan fingerprint density at radius 1 is 1.20 bits per heavy atom. The first-order chi connectivity index (χ1) is 9.66. The average Bonchev–Trinajstić information content (AvgIpc) is 2.83. The molecule has 0 aliphatic heterocycles. The fourth-order valence-corrected chi connectivity index (χ4v) is 3.27. The summed E-state index contributed by atoms with van der Waals surface area (Å²) in [6, 6.07) is 12.8. The van der Waals surface area contributed by atoms with E-state index < -0.39 is 5.54 Å². The molecule has 104 valence electrons. The summed E-state index contributed by atoms with van der Waals surface area (Å²) in [7, 11) is 0. The summed E-state index contributed by atoms with van der Waals surface area (Å²) in [4.78, 5) is 0. The molecule has 0 fully saturated rings. The Morgan fingerprint density at radius 3 is 2.75 bits per heavy atom. The Labute approximate surface area is 125 Å². The maximum absolute atomic E-state index is 13.9. The van der Waals surface area contributed by atoms with Crippen LogP contribution < -0.4 is 5.32 Å². The molecule has 2 N–H and O–H groups in total. The Hall–Kier alpha value is -1.39. The molecule has 2 nitrogen and oxygen atoms in total. The van der Waals surface area contributed by atoms with Gasteiger partial charge in [0.25, 0.3) is 0 Å². The predicted molar refractivity (Wildman–Crippen MR) is 81.2 cm³/mol. The Balaban J connectivity index is 2.04. The zero-order chi connectivity index (χ0) is 14.2. The van der Waals surface area contributed by atoms with E-state index in [1.807, 2.05) is 30.3 Å². The average molecular weight is 336 g/mol. The molecule has 2 aromatic carbocycles. The molecule has 20 heavy (non-hydrogen) atoms. The molecular weight excluding hydrogens is 321 g/mol. The highest BCUT2D eigenvalue weighted by atomic mass is 79.9. The highest BCUT2D eigenvalue weighted by molar-refractivity contribution is 9.10. The number of hydrogen-bond acceptors (Lipinski definition) is 2. The van der Waals surface area contributed by atoms with Gasteiger partial charge in [0.2, 0.25) is 0 Å². The first-order valence-corrected chi connectivity index (χ1v) is 7.37. The van der Waals surface area contributed by atoms with Gasteiger partial charge in [-0.25, -0.2) is 4.39 Å². The van der Waals surface area contributed by atoms with Crippen LogP contribution in [0.3, 0.4) is 0 Å². The highest BCUT2D eigenvalue weighted by Gasteiger charge is 2.39. The van der Waals surface area contributed by atoms with Crippen molar-refractivity contribution >= 4 is 21.6 Å². The minimum Gasteiger partial charge on any atom is -0.394 e. The van der Waals surface area contributed by atoms with Crippen LogP contribution >= 0.6 is 15.9 Å². The summed E-state index contributed by atoms with van der Waals surface area (Å²) in [6.45, 7) is -0.0647. The molecule has 0 amide bonds. The summed E-state index contributed by atoms with van der Waals surface area (Å²) in [5.41, 5.74) is 1.86. The zero-order valence-electron chi connectivity index (χ0n) is 10.9. The fraction of sp³-hybridized carbons (Fsp3) is 0.250. The van der Waals surface area contributed by atoms with E-state index in [2.05, 4.69) is 21.2 Å². The van der Waals surface area contributed by atoms with Crippen LogP contribution in [0.1, 0.15) is 17.5 Å². The van der Waals surface area contributed by atoms with Gasteiger partial charge in [0.05, 0.1) is 12.1 Å². The van der Waals surface area contributed by atoms with E-state index in [0.29, 0.717) is 18.4 Å². The van der Waals surface area contributed by atoms with Gasteiger partial charge in [0.1, 0.15) is 5.82 Å². The molecule has 0 aromatic heterocycles. The molecule has 1 aliphatic rings. The minimum atomic E-state index is -0.610. The molecule has 4 heteroatoms. The molecule has 2 aromatic rings. The number of nitrogens with one attached hydrogen (secondary N) is 1. The van der Waals surface area contributed by atoms with E-state index in [9.17, 15) is 9.50 Å². The van der Waals surface area contributed by atoms with Gasteiger partial charge in [0.15, 0.2) is 0 Å². The van der Waals surface area contributed by atoms with Crippen molar-refractivity contribution in [3.05, 3.63) is 63.9 Å². The van der Waals surface area contributed by atoms with Crippen LogP contribution in [-0.4, -0.2) is 11.7 Å². The normalized spacial score (nSPS) is 20.8. The van der Waals surface area contributed by atoms with E-state index in [4.69, 9.17) is 0 Å². The number of aliphatic hydroxyl groups is 1. The van der Waals surface area contributed by atoms with Crippen LogP contribution in [-0.2, 0) is 12.0 Å². The molecular formula is C16H15BrFNO. The lowest BCUT2D eigenvalue weighted by Crippen LogP contribution is -2.37. The number of halogens is 2. The van der Waals surface area contributed by atoms with Crippen molar-refractivity contribution in [2.75, 3.05) is 11.9 Å². The van der Waals surface area contributed by atoms with Crippen LogP contribution in [0.5, 0.6) is 0 Å². The topological polar surface area (TPSA) is 32.3 Å². The van der Waals surface area contributed by atoms with Crippen LogP contribution in [0.15, 0.2) is 46.9 Å². The first-order valence-electron chi connectivity index (χ1n) is 6.58. The van der Waals surface area contributed by atoms with Crippen LogP contribution in [0.25, 0.3) is 0 Å². The predicted octanol–water partition coefficient (Wildman–Crippen LogP) is 3.83. The van der Waals surface area contributed by atoms with Crippen LogP contribution in [0.2, 0.25) is 0 Å². The second kappa shape index (κ2) is 5.19. The maximum Gasteiger partial charge on any atom is 0.126 e. The number of para-hydroxylation sites is 1. The third kappa shape index (κ3) is 2.13. The maximum atomic E-state index is 13.9. The first kappa shape index (κ1) is 13.6. The van der Waals surface area contributed by atoms with Gasteiger partial charge in [0, 0.05) is 10.2 Å². The second-order valence-electron chi connectivity index (χ2n) is 5.11. The van der Waals surface area contributed by atoms with Crippen molar-refractivity contribution < 1.29 is 9.50 Å². The standard InChI is InChI=1S/C16H15BrFNO/c17-13-5-1-2-7-15(13)19-16(10-20)9-8-11-12(16)4-3-6-14(11)18/h1-7,19-20H,8-10H2. The van der Waals surface area contributed by atoms with Crippen molar-refractivity contribution in [2.45, 2.75) is 18.4 Å². The lowest BCUT2D eigenvalue weighted by molar-refractivity contribution is 0.211. The van der Waals surface area contributed by atoms with E-state index >= 15 is 0 Å². The lowest BCUT2D eigenvalue weighted by Gasteiger charge is -2.31. The molecule has 0 saturated heterocycles. The number of rotatable bonds is 3. The minimum absolute atomic E-state index is 0.0647. The second-order valence-corrected chi connectivity index (χ2v) is 5.97. The molecule has 0 heterocycles. The molecule has 1 aliphatic carbocycles. The van der Waals surface area contributed by atoms with Gasteiger partial charge in [-0.1, -0.05) is 24.3 Å². The van der Waals surface area contributed by atoms with Gasteiger partial charge in [-0.15, -0.1) is 0 Å². The van der Waals surface area contributed by atoms with Crippen molar-refractivity contribution in [1.82, 2.24) is 0 Å². The van der Waals surface area contributed by atoms with Crippen LogP contribution in [0.4, 0.5) is 10.1 Å². The Bertz CT molecular complexity index is 646. The molecule has 1 atom stereocenters. The van der Waals surface area contributed by atoms with E-state index in [1.165, 1.54) is 6.07 Å². The number of hydrogen-bond donors (Lipinski definition) is 2. The summed E-state index contributed by atoms with van der Waals surface area (Å²) < 4.78 is 14.8. The van der Waals surface area contributed by atoms with E-state index in [1.54, 1.807) is 6.07 Å². The SMILES string of the molecule is OCC1(Nc2ccccc2Br)CCc2c(F)cccc21. The van der Waals surface area contributed by atoms with E-state index in [-0.39, 0.29) is 12.4 Å². The third-order valence-corrected chi connectivity index (χ3v) is 4.65. The molecule has 0 saturated carbocycles. The van der Waals surface area contributed by atoms with Gasteiger partial charge in [-0.2, -0.15) is 0 Å². The van der Waals surface area contributed by atoms with Gasteiger partial charge < -0.3 is 10.4 Å². The quantitative estimate of drug-likeness (QED) is 0.893. The molecule has 1 unspecified atom stereocenters. The molecule has 3 rings (SSSR count). The summed E-state index contributed by atoms with van der Waals surface area (Å²) in [6.07, 6.45) is 1.32. The smallest absolute Gasteiger partial charge is 0.126 e. The highest BCUT2D eigenvalue weighted by Crippen LogP contribution is 2.41. The summed E-state index contributed by atoms with van der Waals surface area (Å²) in [5, 5.41) is 13.3. The largest absolute Gasteiger partial charge is 0.394 e. The molecule has 0 spiro atoms. The third-order valence-electron chi connectivity index (χ3n) is 3.95. The van der Waals surface area contributed by atoms with E-state index in [0.717, 1.165) is 15.7 Å². The number of benzene rings is 2. The van der Waals surface area contributed by atoms with Crippen molar-refractivity contribution in [2.24, 2.45) is 0 Å². The van der Waals surface area contributed by atoms with Crippen LogP contribution in [0, 0.1) is 5.82 Å². The molecule has 0 radical (unpaired) electrons.